The van der Waals surface area contributed by atoms with Crippen molar-refractivity contribution in [3.8, 4) is 11.5 Å². The Hall–Kier alpha value is -3.06. The third-order valence-electron chi connectivity index (χ3n) is 5.04. The van der Waals surface area contributed by atoms with E-state index in [-0.39, 0.29) is 11.9 Å². The predicted octanol–water partition coefficient (Wildman–Crippen LogP) is 2.65. The number of methoxy groups -OCH3 is 1. The minimum atomic E-state index is -0.418. The molecular weight excluding hydrogens is 370 g/mol. The number of hydrogen-bond donors (Lipinski definition) is 1. The van der Waals surface area contributed by atoms with Crippen LogP contribution >= 0.6 is 0 Å². The van der Waals surface area contributed by atoms with E-state index < -0.39 is 6.04 Å². The molecular formula is C22H27N3O4. The first kappa shape index (κ1) is 20.7. The van der Waals surface area contributed by atoms with Gasteiger partial charge in [-0.25, -0.2) is 4.79 Å². The Labute approximate surface area is 171 Å². The Morgan fingerprint density at radius 1 is 1.17 bits per heavy atom. The van der Waals surface area contributed by atoms with Gasteiger partial charge in [0.1, 0.15) is 6.61 Å². The van der Waals surface area contributed by atoms with Gasteiger partial charge in [0, 0.05) is 19.6 Å². The fourth-order valence-electron chi connectivity index (χ4n) is 3.19. The van der Waals surface area contributed by atoms with E-state index in [0.29, 0.717) is 37.7 Å². The van der Waals surface area contributed by atoms with Crippen LogP contribution in [-0.4, -0.2) is 55.0 Å². The highest BCUT2D eigenvalue weighted by molar-refractivity contribution is 5.98. The Morgan fingerprint density at radius 2 is 1.93 bits per heavy atom. The van der Waals surface area contributed by atoms with Crippen LogP contribution in [0, 0.1) is 0 Å². The molecule has 2 aromatic carbocycles. The second kappa shape index (κ2) is 9.43. The summed E-state index contributed by atoms with van der Waals surface area (Å²) in [5.41, 5.74) is 2.07. The number of nitrogens with zero attached hydrogens (tertiary/aromatic N) is 2. The first-order valence-electron chi connectivity index (χ1n) is 9.62. The van der Waals surface area contributed by atoms with Gasteiger partial charge in [-0.2, -0.15) is 0 Å². The van der Waals surface area contributed by atoms with Crippen molar-refractivity contribution in [1.29, 1.82) is 0 Å². The van der Waals surface area contributed by atoms with Gasteiger partial charge in [-0.1, -0.05) is 36.4 Å². The van der Waals surface area contributed by atoms with Crippen LogP contribution in [0.15, 0.2) is 48.5 Å². The van der Waals surface area contributed by atoms with E-state index in [2.05, 4.69) is 5.32 Å². The summed E-state index contributed by atoms with van der Waals surface area (Å²) in [5.74, 6) is 1.11. The summed E-state index contributed by atoms with van der Waals surface area (Å²) in [6.07, 6.45) is 0. The Bertz CT molecular complexity index is 856. The fourth-order valence-corrected chi connectivity index (χ4v) is 3.19. The van der Waals surface area contributed by atoms with Gasteiger partial charge in [-0.05, 0) is 37.2 Å². The number of hydrogen-bond acceptors (Lipinski definition) is 5. The SMILES string of the molecule is COc1cc(CN(C)[C@H](C)C(=O)N2CCNC2=O)ccc1OCc1ccccc1. The molecule has 0 radical (unpaired) electrons. The normalized spacial score (nSPS) is 14.6. The standard InChI is InChI=1S/C22H27N3O4/c1-16(21(26)25-12-11-23-22(25)27)24(2)14-18-9-10-19(20(13-18)28-3)29-15-17-7-5-4-6-8-17/h4-10,13,16H,11-12,14-15H2,1-3H3,(H,23,27)/t16-/m1/s1. The molecule has 0 saturated carbocycles. The average Bonchev–Trinajstić information content (AvgIpc) is 3.18. The summed E-state index contributed by atoms with van der Waals surface area (Å²) >= 11 is 0. The van der Waals surface area contributed by atoms with Crippen LogP contribution in [0.4, 0.5) is 4.79 Å². The summed E-state index contributed by atoms with van der Waals surface area (Å²) in [7, 11) is 3.47. The maximum Gasteiger partial charge on any atom is 0.324 e. The van der Waals surface area contributed by atoms with Crippen molar-refractivity contribution in [2.75, 3.05) is 27.2 Å². The molecule has 29 heavy (non-hydrogen) atoms. The van der Waals surface area contributed by atoms with E-state index in [9.17, 15) is 9.59 Å². The zero-order chi connectivity index (χ0) is 20.8. The van der Waals surface area contributed by atoms with Crippen molar-refractivity contribution in [3.05, 3.63) is 59.7 Å². The van der Waals surface area contributed by atoms with Crippen molar-refractivity contribution in [2.24, 2.45) is 0 Å². The summed E-state index contributed by atoms with van der Waals surface area (Å²) in [5, 5.41) is 2.66. The summed E-state index contributed by atoms with van der Waals surface area (Å²) in [6, 6.07) is 14.9. The first-order valence-corrected chi connectivity index (χ1v) is 9.62. The smallest absolute Gasteiger partial charge is 0.324 e. The van der Waals surface area contributed by atoms with E-state index in [1.165, 1.54) is 4.90 Å². The van der Waals surface area contributed by atoms with E-state index >= 15 is 0 Å². The molecule has 0 bridgehead atoms. The van der Waals surface area contributed by atoms with E-state index in [4.69, 9.17) is 9.47 Å². The molecule has 1 fully saturated rings. The highest BCUT2D eigenvalue weighted by Gasteiger charge is 2.31. The number of nitrogens with one attached hydrogen (secondary N) is 1. The highest BCUT2D eigenvalue weighted by Crippen LogP contribution is 2.29. The van der Waals surface area contributed by atoms with Gasteiger partial charge in [0.05, 0.1) is 13.2 Å². The highest BCUT2D eigenvalue weighted by atomic mass is 16.5. The molecule has 1 aliphatic heterocycles. The lowest BCUT2D eigenvalue weighted by Crippen LogP contribution is -2.46. The van der Waals surface area contributed by atoms with E-state index in [0.717, 1.165) is 11.1 Å². The lowest BCUT2D eigenvalue weighted by Gasteiger charge is -2.26. The molecule has 1 atom stereocenters. The first-order chi connectivity index (χ1) is 14.0. The zero-order valence-corrected chi connectivity index (χ0v) is 17.1. The van der Waals surface area contributed by atoms with Crippen molar-refractivity contribution in [3.63, 3.8) is 0 Å². The van der Waals surface area contributed by atoms with Gasteiger partial charge in [0.15, 0.2) is 11.5 Å². The van der Waals surface area contributed by atoms with Crippen molar-refractivity contribution in [2.45, 2.75) is 26.1 Å². The summed E-state index contributed by atoms with van der Waals surface area (Å²) < 4.78 is 11.4. The van der Waals surface area contributed by atoms with Crippen molar-refractivity contribution in [1.82, 2.24) is 15.1 Å². The van der Waals surface area contributed by atoms with Crippen LogP contribution in [0.1, 0.15) is 18.1 Å². The summed E-state index contributed by atoms with van der Waals surface area (Å²) in [6.45, 7) is 3.72. The lowest BCUT2D eigenvalue weighted by molar-refractivity contribution is -0.132. The molecule has 3 amide bonds. The number of urea groups is 1. The molecule has 0 aliphatic carbocycles. The topological polar surface area (TPSA) is 71.1 Å². The molecule has 0 spiro atoms. The van der Waals surface area contributed by atoms with Crippen LogP contribution < -0.4 is 14.8 Å². The molecule has 1 saturated heterocycles. The Balaban J connectivity index is 1.63. The molecule has 1 N–H and O–H groups in total. The number of benzene rings is 2. The maximum absolute atomic E-state index is 12.6. The number of carbonyl (C=O) groups excluding carboxylic acids is 2. The molecule has 1 heterocycles. The molecule has 0 aromatic heterocycles. The molecule has 3 rings (SSSR count). The molecule has 7 heteroatoms. The average molecular weight is 397 g/mol. The zero-order valence-electron chi connectivity index (χ0n) is 17.1. The third-order valence-corrected chi connectivity index (χ3v) is 5.04. The van der Waals surface area contributed by atoms with E-state index in [1.807, 2.05) is 67.4 Å². The van der Waals surface area contributed by atoms with Crippen LogP contribution in [0.25, 0.3) is 0 Å². The van der Waals surface area contributed by atoms with Gasteiger partial charge >= 0.3 is 6.03 Å². The third kappa shape index (κ3) is 5.06. The van der Waals surface area contributed by atoms with Crippen LogP contribution in [0.2, 0.25) is 0 Å². The van der Waals surface area contributed by atoms with E-state index in [1.54, 1.807) is 7.11 Å². The second-order valence-electron chi connectivity index (χ2n) is 7.07. The monoisotopic (exact) mass is 397 g/mol. The largest absolute Gasteiger partial charge is 0.493 e. The number of ether oxygens (including phenoxy) is 2. The predicted molar refractivity (Wildman–Crippen MR) is 110 cm³/mol. The number of imide groups is 1. The van der Waals surface area contributed by atoms with Crippen LogP contribution in [0.3, 0.4) is 0 Å². The van der Waals surface area contributed by atoms with Gasteiger partial charge < -0.3 is 14.8 Å². The Kier molecular flexibility index (Phi) is 6.72. The van der Waals surface area contributed by atoms with Crippen LogP contribution in [-0.2, 0) is 17.9 Å². The van der Waals surface area contributed by atoms with Gasteiger partial charge in [-0.15, -0.1) is 0 Å². The number of rotatable bonds is 8. The van der Waals surface area contributed by atoms with Crippen molar-refractivity contribution >= 4 is 11.9 Å². The van der Waals surface area contributed by atoms with Gasteiger partial charge in [0.2, 0.25) is 5.91 Å². The molecule has 7 nitrogen and oxygen atoms in total. The number of likely N-dealkylation sites (N-methyl/N-ethyl adjacent to an activating group) is 1. The quantitative estimate of drug-likeness (QED) is 0.742. The lowest BCUT2D eigenvalue weighted by atomic mass is 10.1. The maximum atomic E-state index is 12.6. The van der Waals surface area contributed by atoms with Crippen LogP contribution in [0.5, 0.6) is 11.5 Å². The van der Waals surface area contributed by atoms with Gasteiger partial charge in [0.25, 0.3) is 0 Å². The van der Waals surface area contributed by atoms with Gasteiger partial charge in [-0.3, -0.25) is 14.6 Å². The van der Waals surface area contributed by atoms with Crippen molar-refractivity contribution < 1.29 is 19.1 Å². The summed E-state index contributed by atoms with van der Waals surface area (Å²) in [4.78, 5) is 27.5. The number of carbonyl (C=O) groups is 2. The minimum Gasteiger partial charge on any atom is -0.493 e. The number of amides is 3. The fraction of sp³-hybridized carbons (Fsp3) is 0.364. The molecule has 2 aromatic rings. The Morgan fingerprint density at radius 3 is 2.59 bits per heavy atom. The molecule has 1 aliphatic rings. The molecule has 0 unspecified atom stereocenters. The minimum absolute atomic E-state index is 0.197. The second-order valence-corrected chi connectivity index (χ2v) is 7.07. The molecule has 154 valence electrons.